The molecule has 1 saturated carbocycles. The molecule has 9 nitrogen and oxygen atoms in total. The number of carbonyl (C=O) groups excluding carboxylic acids is 2. The van der Waals surface area contributed by atoms with Gasteiger partial charge in [-0.3, -0.25) is 15.5 Å². The van der Waals surface area contributed by atoms with Crippen LogP contribution in [-0.2, 0) is 27.8 Å². The van der Waals surface area contributed by atoms with Gasteiger partial charge in [-0.1, -0.05) is 73.5 Å². The molecule has 4 N–H and O–H groups in total. The average molecular weight is 629 g/mol. The lowest BCUT2D eigenvalue weighted by atomic mass is 10.0. The lowest BCUT2D eigenvalue weighted by molar-refractivity contribution is -0.133. The minimum Gasteiger partial charge on any atom is -0.410 e. The number of nitrogens with one attached hydrogen (secondary N) is 2. The van der Waals surface area contributed by atoms with Crippen LogP contribution < -0.4 is 15.2 Å². The largest absolute Gasteiger partial charge is 0.418 e. The number of halogens is 1. The Morgan fingerprint density at radius 1 is 0.911 bits per heavy atom. The molecule has 1 fully saturated rings. The molecule has 4 aromatic carbocycles. The number of carbonyl (C=O) groups is 2. The fraction of sp³-hybridized carbons (Fsp3) is 0.206. The van der Waals surface area contributed by atoms with Gasteiger partial charge in [-0.2, -0.15) is 0 Å². The van der Waals surface area contributed by atoms with Crippen LogP contribution in [-0.4, -0.2) is 37.2 Å². The third-order valence-electron chi connectivity index (χ3n) is 7.72. The summed E-state index contributed by atoms with van der Waals surface area (Å²) < 4.78 is 42.4. The third kappa shape index (κ3) is 8.20. The number of primary sulfonamides is 1. The maximum absolute atomic E-state index is 13.7. The van der Waals surface area contributed by atoms with Crippen LogP contribution in [0.15, 0.2) is 102 Å². The van der Waals surface area contributed by atoms with Crippen LogP contribution >= 0.6 is 0 Å². The summed E-state index contributed by atoms with van der Waals surface area (Å²) in [5, 5.41) is 16.2. The van der Waals surface area contributed by atoms with Crippen LogP contribution in [0, 0.1) is 11.2 Å². The smallest absolute Gasteiger partial charge is 0.410 e. The first-order valence-corrected chi connectivity index (χ1v) is 16.0. The molecule has 0 atom stereocenters. The Kier molecular flexibility index (Phi) is 9.70. The number of amides is 2. The Labute approximate surface area is 261 Å². The van der Waals surface area contributed by atoms with E-state index in [1.54, 1.807) is 48.5 Å². The Bertz CT molecular complexity index is 1810. The van der Waals surface area contributed by atoms with Crippen molar-refractivity contribution >= 4 is 27.9 Å². The molecule has 0 unspecified atom stereocenters. The maximum Gasteiger partial charge on any atom is 0.418 e. The molecule has 1 aliphatic carbocycles. The predicted molar refractivity (Wildman–Crippen MR) is 169 cm³/mol. The number of benzene rings is 4. The molecule has 0 spiro atoms. The molecule has 0 aliphatic heterocycles. The van der Waals surface area contributed by atoms with Crippen molar-refractivity contribution in [3.05, 3.63) is 120 Å². The molecule has 1 aliphatic rings. The van der Waals surface area contributed by atoms with E-state index in [0.29, 0.717) is 23.2 Å². The van der Waals surface area contributed by atoms with Gasteiger partial charge in [0.05, 0.1) is 11.3 Å². The average Bonchev–Trinajstić information content (AvgIpc) is 3.56. The van der Waals surface area contributed by atoms with E-state index in [0.717, 1.165) is 36.8 Å². The van der Waals surface area contributed by atoms with Gasteiger partial charge in [0, 0.05) is 23.7 Å². The molecular formula is C34H33FN4O5S. The van der Waals surface area contributed by atoms with Crippen LogP contribution in [0.1, 0.15) is 42.4 Å². The van der Waals surface area contributed by atoms with Gasteiger partial charge in [-0.05, 0) is 65.9 Å². The lowest BCUT2D eigenvalue weighted by Crippen LogP contribution is -2.39. The van der Waals surface area contributed by atoms with Crippen molar-refractivity contribution in [1.82, 2.24) is 10.2 Å². The van der Waals surface area contributed by atoms with Crippen LogP contribution in [0.25, 0.3) is 11.1 Å². The predicted octanol–water partition coefficient (Wildman–Crippen LogP) is 5.77. The third-order valence-corrected chi connectivity index (χ3v) is 8.69. The van der Waals surface area contributed by atoms with E-state index in [1.807, 2.05) is 23.1 Å². The molecular weight excluding hydrogens is 595 g/mol. The molecule has 11 heteroatoms. The summed E-state index contributed by atoms with van der Waals surface area (Å²) in [5.74, 6) is -0.531. The number of nitrogens with zero attached hydrogens (tertiary/aromatic N) is 1. The van der Waals surface area contributed by atoms with Gasteiger partial charge in [0.2, 0.25) is 15.9 Å². The van der Waals surface area contributed by atoms with Gasteiger partial charge in [0.1, 0.15) is 17.4 Å². The summed E-state index contributed by atoms with van der Waals surface area (Å²) in [7, 11) is -3.90. The molecule has 0 saturated heterocycles. The van der Waals surface area contributed by atoms with Crippen molar-refractivity contribution < 1.29 is 27.1 Å². The fourth-order valence-electron chi connectivity index (χ4n) is 5.50. The number of hydrogen-bond donors (Lipinski definition) is 3. The minimum atomic E-state index is -3.90. The van der Waals surface area contributed by atoms with E-state index < -0.39 is 21.9 Å². The second kappa shape index (κ2) is 13.8. The topological polar surface area (TPSA) is 143 Å². The van der Waals surface area contributed by atoms with Crippen molar-refractivity contribution in [2.24, 2.45) is 5.14 Å². The molecule has 0 heterocycles. The van der Waals surface area contributed by atoms with Crippen molar-refractivity contribution in [1.29, 1.82) is 5.41 Å². The van der Waals surface area contributed by atoms with E-state index in [2.05, 4.69) is 5.32 Å². The zero-order chi connectivity index (χ0) is 32.0. The lowest BCUT2D eigenvalue weighted by Gasteiger charge is -2.29. The normalized spacial score (nSPS) is 13.3. The van der Waals surface area contributed by atoms with Crippen molar-refractivity contribution in [2.75, 3.05) is 0 Å². The first-order valence-electron chi connectivity index (χ1n) is 14.5. The molecule has 45 heavy (non-hydrogen) atoms. The number of ether oxygens (including phenoxy) is 1. The van der Waals surface area contributed by atoms with Gasteiger partial charge >= 0.3 is 6.09 Å². The number of rotatable bonds is 9. The van der Waals surface area contributed by atoms with E-state index >= 15 is 0 Å². The summed E-state index contributed by atoms with van der Waals surface area (Å²) in [6.45, 7) is 0.338. The second-order valence-corrected chi connectivity index (χ2v) is 12.4. The van der Waals surface area contributed by atoms with E-state index in [4.69, 9.17) is 15.3 Å². The van der Waals surface area contributed by atoms with Gasteiger partial charge in [-0.15, -0.1) is 0 Å². The molecule has 0 bridgehead atoms. The Hall–Kier alpha value is -4.87. The fourth-order valence-corrected chi connectivity index (χ4v) is 6.26. The van der Waals surface area contributed by atoms with Crippen molar-refractivity contribution in [3.8, 4) is 16.9 Å². The SMILES string of the molecule is N=C(NC(=O)Oc1ccc(F)cc1)c1cccc(CN(C(=O)Cc2ccc(-c3ccccc3S(N)(=O)=O)cc2)C2CCCC2)c1. The molecule has 232 valence electrons. The van der Waals surface area contributed by atoms with Crippen LogP contribution in [0.5, 0.6) is 5.75 Å². The molecule has 0 radical (unpaired) electrons. The number of amidine groups is 1. The monoisotopic (exact) mass is 628 g/mol. The van der Waals surface area contributed by atoms with Crippen LogP contribution in [0.2, 0.25) is 0 Å². The number of hydrogen-bond acceptors (Lipinski definition) is 6. The van der Waals surface area contributed by atoms with Gasteiger partial charge in [-0.25, -0.2) is 22.7 Å². The second-order valence-electron chi connectivity index (χ2n) is 10.9. The highest BCUT2D eigenvalue weighted by atomic mass is 32.2. The summed E-state index contributed by atoms with van der Waals surface area (Å²) in [4.78, 5) is 27.9. The Morgan fingerprint density at radius 3 is 2.29 bits per heavy atom. The van der Waals surface area contributed by atoms with E-state index in [1.165, 1.54) is 30.3 Å². The minimum absolute atomic E-state index is 0.0384. The zero-order valence-corrected chi connectivity index (χ0v) is 25.2. The van der Waals surface area contributed by atoms with Crippen molar-refractivity contribution in [2.45, 2.75) is 49.6 Å². The highest BCUT2D eigenvalue weighted by Gasteiger charge is 2.27. The summed E-state index contributed by atoms with van der Waals surface area (Å²) in [6.07, 6.45) is 3.18. The van der Waals surface area contributed by atoms with Gasteiger partial charge < -0.3 is 9.64 Å². The first kappa shape index (κ1) is 31.6. The highest BCUT2D eigenvalue weighted by Crippen LogP contribution is 2.28. The molecule has 2 amide bonds. The molecule has 4 aromatic rings. The Morgan fingerprint density at radius 2 is 1.60 bits per heavy atom. The maximum atomic E-state index is 13.7. The van der Waals surface area contributed by atoms with E-state index in [-0.39, 0.29) is 34.9 Å². The number of nitrogens with two attached hydrogens (primary N) is 1. The molecule has 5 rings (SSSR count). The van der Waals surface area contributed by atoms with Gasteiger partial charge in [0.15, 0.2) is 0 Å². The Balaban J connectivity index is 1.27. The van der Waals surface area contributed by atoms with Gasteiger partial charge in [0.25, 0.3) is 0 Å². The summed E-state index contributed by atoms with van der Waals surface area (Å²) >= 11 is 0. The summed E-state index contributed by atoms with van der Waals surface area (Å²) in [5.41, 5.74) is 3.21. The van der Waals surface area contributed by atoms with Crippen LogP contribution in [0.4, 0.5) is 9.18 Å². The first-order chi connectivity index (χ1) is 21.6. The standard InChI is InChI=1S/C34H33FN4O5S/c35-27-16-18-29(19-17-27)44-34(41)38-33(36)26-7-5-6-24(20-26)22-39(28-8-1-2-9-28)32(40)21-23-12-14-25(15-13-23)30-10-3-4-11-31(30)45(37,42)43/h3-7,10-20,28H,1-2,8-9,21-22H2,(H2,36,38,41)(H2,37,42,43). The van der Waals surface area contributed by atoms with E-state index in [9.17, 15) is 22.4 Å². The number of sulfonamides is 1. The zero-order valence-electron chi connectivity index (χ0n) is 24.4. The molecule has 0 aromatic heterocycles. The highest BCUT2D eigenvalue weighted by molar-refractivity contribution is 7.89. The van der Waals surface area contributed by atoms with Crippen LogP contribution in [0.3, 0.4) is 0 Å². The quantitative estimate of drug-likeness (QED) is 0.159. The summed E-state index contributed by atoms with van der Waals surface area (Å²) in [6, 6.07) is 25.9. The van der Waals surface area contributed by atoms with Crippen molar-refractivity contribution in [3.63, 3.8) is 0 Å².